The third-order valence-electron chi connectivity index (χ3n) is 1.35. The van der Waals surface area contributed by atoms with Gasteiger partial charge in [-0.3, -0.25) is 8.98 Å². The smallest absolute Gasteiger partial charge is 0.308 e. The van der Waals surface area contributed by atoms with E-state index in [1.54, 1.807) is 6.92 Å². The number of thiol groups is 1. The summed E-state index contributed by atoms with van der Waals surface area (Å²) in [6.07, 6.45) is 0.343. The van der Waals surface area contributed by atoms with Gasteiger partial charge in [-0.1, -0.05) is 6.92 Å². The van der Waals surface area contributed by atoms with Crippen LogP contribution >= 0.6 is 0 Å². The second-order valence-electron chi connectivity index (χ2n) is 2.27. The van der Waals surface area contributed by atoms with Crippen molar-refractivity contribution in [1.82, 2.24) is 0 Å². The van der Waals surface area contributed by atoms with Crippen LogP contribution in [0.3, 0.4) is 0 Å². The first-order valence-electron chi connectivity index (χ1n) is 3.43. The van der Waals surface area contributed by atoms with E-state index in [4.69, 9.17) is 0 Å². The summed E-state index contributed by atoms with van der Waals surface area (Å²) >= 11 is 0. The highest BCUT2D eigenvalue weighted by Crippen LogP contribution is 2.03. The van der Waals surface area contributed by atoms with E-state index in [0.717, 1.165) is 0 Å². The van der Waals surface area contributed by atoms with Crippen LogP contribution in [0.2, 0.25) is 0 Å². The number of carbonyl (C=O) groups excluding carboxylic acids is 1. The molecule has 0 N–H and O–H groups in total. The van der Waals surface area contributed by atoms with Crippen LogP contribution in [0.5, 0.6) is 0 Å². The molecule has 0 bridgehead atoms. The van der Waals surface area contributed by atoms with Gasteiger partial charge in [0.2, 0.25) is 0 Å². The summed E-state index contributed by atoms with van der Waals surface area (Å²) < 4.78 is 28.5. The summed E-state index contributed by atoms with van der Waals surface area (Å²) in [5, 5.41) is 0. The Balaban J connectivity index is 3.56. The second-order valence-corrected chi connectivity index (χ2v) is 2.98. The highest BCUT2D eigenvalue weighted by molar-refractivity contribution is 7.67. The van der Waals surface area contributed by atoms with Crippen LogP contribution in [-0.4, -0.2) is 28.1 Å². The van der Waals surface area contributed by atoms with Crippen LogP contribution in [0.25, 0.3) is 0 Å². The summed E-state index contributed by atoms with van der Waals surface area (Å²) in [5.74, 6) is -0.690. The lowest BCUT2D eigenvalue weighted by molar-refractivity contribution is -0.145. The molecule has 0 saturated carbocycles. The zero-order chi connectivity index (χ0) is 9.56. The van der Waals surface area contributed by atoms with Gasteiger partial charge in [0.25, 0.3) is 11.0 Å². The molecule has 0 radical (unpaired) electrons. The number of rotatable bonds is 5. The minimum Gasteiger partial charge on any atom is -0.469 e. The summed E-state index contributed by atoms with van der Waals surface area (Å²) in [4.78, 5) is 10.8. The normalized spacial score (nSPS) is 12.9. The molecule has 0 aromatic rings. The summed E-state index contributed by atoms with van der Waals surface area (Å²) in [6, 6.07) is 0. The molecule has 0 rings (SSSR count). The van der Waals surface area contributed by atoms with Gasteiger partial charge in [-0.2, -0.15) is 0 Å². The Morgan fingerprint density at radius 3 is 2.50 bits per heavy atom. The fraction of sp³-hybridized carbons (Fsp3) is 0.833. The molecule has 0 heterocycles. The zero-order valence-corrected chi connectivity index (χ0v) is 7.87. The van der Waals surface area contributed by atoms with Crippen LogP contribution in [0.15, 0.2) is 0 Å². The van der Waals surface area contributed by atoms with Crippen molar-refractivity contribution >= 4 is 17.0 Å². The number of hydrogen-bond donors (Lipinski definition) is 1. The van der Waals surface area contributed by atoms with Crippen molar-refractivity contribution in [2.75, 3.05) is 13.7 Å². The second kappa shape index (κ2) is 5.96. The fourth-order valence-electron chi connectivity index (χ4n) is 0.623. The number of ether oxygens (including phenoxy) is 1. The van der Waals surface area contributed by atoms with E-state index in [-0.39, 0.29) is 18.5 Å². The summed E-state index contributed by atoms with van der Waals surface area (Å²) in [5.41, 5.74) is 0. The Kier molecular flexibility index (Phi) is 5.65. The predicted molar refractivity (Wildman–Crippen MR) is 42.1 cm³/mol. The molecule has 0 aliphatic heterocycles. The van der Waals surface area contributed by atoms with Gasteiger partial charge in [-0.15, -0.1) is 0 Å². The van der Waals surface area contributed by atoms with Crippen LogP contribution in [-0.2, 0) is 24.7 Å². The van der Waals surface area contributed by atoms with Crippen molar-refractivity contribution in [1.29, 1.82) is 0 Å². The van der Waals surface area contributed by atoms with Gasteiger partial charge in [0, 0.05) is 0 Å². The van der Waals surface area contributed by atoms with Gasteiger partial charge < -0.3 is 4.74 Å². The van der Waals surface area contributed by atoms with Gasteiger partial charge in [-0.05, 0) is 6.42 Å². The maximum Gasteiger partial charge on any atom is 0.308 e. The lowest BCUT2D eigenvalue weighted by atomic mass is 10.1. The molecule has 5 nitrogen and oxygen atoms in total. The van der Waals surface area contributed by atoms with E-state index in [1.807, 2.05) is 0 Å². The highest BCUT2D eigenvalue weighted by atomic mass is 32.2. The molecular formula is C6H12O5S. The molecule has 6 heteroatoms. The van der Waals surface area contributed by atoms with Crippen molar-refractivity contribution < 1.29 is 22.1 Å². The van der Waals surface area contributed by atoms with Gasteiger partial charge in [0.1, 0.15) is 0 Å². The lowest BCUT2D eigenvalue weighted by Gasteiger charge is -2.06. The number of esters is 1. The SMILES string of the molecule is COC(=O)C(C)CCO[SH](=O)=O. The zero-order valence-electron chi connectivity index (χ0n) is 6.98. The van der Waals surface area contributed by atoms with Crippen LogP contribution in [0.4, 0.5) is 0 Å². The third-order valence-corrected chi connectivity index (χ3v) is 1.74. The van der Waals surface area contributed by atoms with Crippen molar-refractivity contribution in [3.8, 4) is 0 Å². The molecule has 0 aromatic carbocycles. The average Bonchev–Trinajstić information content (AvgIpc) is 2.02. The van der Waals surface area contributed by atoms with Crippen molar-refractivity contribution in [2.45, 2.75) is 13.3 Å². The van der Waals surface area contributed by atoms with Crippen LogP contribution < -0.4 is 0 Å². The number of methoxy groups -OCH3 is 1. The summed E-state index contributed by atoms with van der Waals surface area (Å²) in [6.45, 7) is 1.67. The molecule has 0 saturated heterocycles. The van der Waals surface area contributed by atoms with Crippen molar-refractivity contribution in [2.24, 2.45) is 5.92 Å². The van der Waals surface area contributed by atoms with E-state index in [0.29, 0.717) is 6.42 Å². The molecule has 1 unspecified atom stereocenters. The van der Waals surface area contributed by atoms with E-state index < -0.39 is 11.0 Å². The Labute approximate surface area is 72.8 Å². The molecule has 0 aliphatic rings. The Morgan fingerprint density at radius 2 is 2.08 bits per heavy atom. The molecule has 72 valence electrons. The molecule has 0 aromatic heterocycles. The predicted octanol–water partition coefficient (Wildman–Crippen LogP) is -0.271. The molecule has 0 fully saturated rings. The van der Waals surface area contributed by atoms with Gasteiger partial charge in [-0.25, -0.2) is 8.42 Å². The highest BCUT2D eigenvalue weighted by Gasteiger charge is 2.12. The molecule has 0 spiro atoms. The average molecular weight is 196 g/mol. The first-order chi connectivity index (χ1) is 5.57. The maximum atomic E-state index is 10.8. The molecule has 0 aliphatic carbocycles. The largest absolute Gasteiger partial charge is 0.469 e. The standard InChI is InChI=1S/C6H12O5S/c1-5(6(7)10-2)3-4-11-12(8)9/h5,12H,3-4H2,1-2H3. The minimum absolute atomic E-state index is 0.0228. The Morgan fingerprint density at radius 1 is 1.50 bits per heavy atom. The third kappa shape index (κ3) is 5.09. The fourth-order valence-corrected chi connectivity index (χ4v) is 0.878. The number of hydrogen-bond acceptors (Lipinski definition) is 5. The van der Waals surface area contributed by atoms with Gasteiger partial charge in [0.15, 0.2) is 0 Å². The minimum atomic E-state index is -2.81. The maximum absolute atomic E-state index is 10.8. The first-order valence-corrected chi connectivity index (χ1v) is 4.52. The lowest BCUT2D eigenvalue weighted by Crippen LogP contribution is -2.14. The monoisotopic (exact) mass is 196 g/mol. The topological polar surface area (TPSA) is 69.7 Å². The molecule has 1 atom stereocenters. The van der Waals surface area contributed by atoms with Crippen molar-refractivity contribution in [3.05, 3.63) is 0 Å². The summed E-state index contributed by atoms with van der Waals surface area (Å²) in [7, 11) is -1.52. The van der Waals surface area contributed by atoms with E-state index in [9.17, 15) is 13.2 Å². The molecular weight excluding hydrogens is 184 g/mol. The van der Waals surface area contributed by atoms with E-state index >= 15 is 0 Å². The Bertz CT molecular complexity index is 202. The van der Waals surface area contributed by atoms with Gasteiger partial charge in [0.05, 0.1) is 19.6 Å². The Hall–Kier alpha value is -0.620. The van der Waals surface area contributed by atoms with Crippen LogP contribution in [0, 0.1) is 5.92 Å². The first kappa shape index (κ1) is 11.4. The van der Waals surface area contributed by atoms with E-state index in [2.05, 4.69) is 8.92 Å². The van der Waals surface area contributed by atoms with E-state index in [1.165, 1.54) is 7.11 Å². The van der Waals surface area contributed by atoms with Crippen LogP contribution in [0.1, 0.15) is 13.3 Å². The molecule has 0 amide bonds. The quantitative estimate of drug-likeness (QED) is 0.484. The molecule has 12 heavy (non-hydrogen) atoms. The van der Waals surface area contributed by atoms with Gasteiger partial charge >= 0.3 is 5.97 Å². The number of carbonyl (C=O) groups is 1. The van der Waals surface area contributed by atoms with Crippen molar-refractivity contribution in [3.63, 3.8) is 0 Å².